The van der Waals surface area contributed by atoms with E-state index in [4.69, 9.17) is 18.9 Å². The van der Waals surface area contributed by atoms with Crippen molar-refractivity contribution in [1.82, 2.24) is 4.90 Å². The zero-order chi connectivity index (χ0) is 23.0. The van der Waals surface area contributed by atoms with Crippen LogP contribution in [-0.4, -0.2) is 51.8 Å². The number of hydrogen-bond acceptors (Lipinski definition) is 6. The van der Waals surface area contributed by atoms with Crippen LogP contribution in [0.25, 0.3) is 0 Å². The van der Waals surface area contributed by atoms with E-state index in [1.165, 1.54) is 26.9 Å². The summed E-state index contributed by atoms with van der Waals surface area (Å²) < 4.78 is 21.1. The first-order valence-corrected chi connectivity index (χ1v) is 10.0. The maximum absolute atomic E-state index is 12.3. The smallest absolute Gasteiger partial charge is 0.306 e. The van der Waals surface area contributed by atoms with Gasteiger partial charge in [-0.05, 0) is 49.1 Å². The Labute approximate surface area is 183 Å². The summed E-state index contributed by atoms with van der Waals surface area (Å²) in [5, 5.41) is 0. The number of carbonyl (C=O) groups is 2. The third-order valence-corrected chi connectivity index (χ3v) is 5.03. The Morgan fingerprint density at radius 3 is 2.13 bits per heavy atom. The van der Waals surface area contributed by atoms with Crippen molar-refractivity contribution in [3.8, 4) is 17.2 Å². The summed E-state index contributed by atoms with van der Waals surface area (Å²) in [4.78, 5) is 26.0. The number of benzene rings is 2. The van der Waals surface area contributed by atoms with Crippen molar-refractivity contribution in [3.63, 3.8) is 0 Å². The molecule has 0 unspecified atom stereocenters. The molecule has 0 spiro atoms. The van der Waals surface area contributed by atoms with Gasteiger partial charge < -0.3 is 23.8 Å². The Morgan fingerprint density at radius 2 is 1.58 bits per heavy atom. The summed E-state index contributed by atoms with van der Waals surface area (Å²) in [5.74, 6) is 0.846. The highest BCUT2D eigenvalue weighted by molar-refractivity contribution is 5.80. The van der Waals surface area contributed by atoms with Crippen LogP contribution in [0.4, 0.5) is 0 Å². The van der Waals surface area contributed by atoms with Crippen LogP contribution in [0.1, 0.15) is 28.7 Å². The highest BCUT2D eigenvalue weighted by atomic mass is 16.5. The molecule has 168 valence electrons. The molecular formula is C24H31NO6. The lowest BCUT2D eigenvalue weighted by Gasteiger charge is -2.19. The van der Waals surface area contributed by atoms with Gasteiger partial charge in [-0.25, -0.2) is 0 Å². The van der Waals surface area contributed by atoms with E-state index in [9.17, 15) is 9.59 Å². The van der Waals surface area contributed by atoms with Crippen molar-refractivity contribution in [2.75, 3.05) is 35.0 Å². The van der Waals surface area contributed by atoms with E-state index in [1.807, 2.05) is 26.0 Å². The molecule has 1 amide bonds. The summed E-state index contributed by atoms with van der Waals surface area (Å²) in [6.07, 6.45) is 0.550. The molecule has 0 saturated heterocycles. The molecule has 2 aromatic rings. The van der Waals surface area contributed by atoms with Crippen molar-refractivity contribution >= 4 is 11.9 Å². The summed E-state index contributed by atoms with van der Waals surface area (Å²) >= 11 is 0. The molecule has 7 nitrogen and oxygen atoms in total. The lowest BCUT2D eigenvalue weighted by Crippen LogP contribution is -2.31. The number of amides is 1. The molecule has 0 bridgehead atoms. The molecule has 31 heavy (non-hydrogen) atoms. The van der Waals surface area contributed by atoms with Gasteiger partial charge in [-0.2, -0.15) is 0 Å². The molecule has 0 heterocycles. The van der Waals surface area contributed by atoms with Gasteiger partial charge in [0.15, 0.2) is 18.1 Å². The zero-order valence-electron chi connectivity index (χ0n) is 19.1. The maximum atomic E-state index is 12.3. The molecule has 0 aliphatic carbocycles. The largest absolute Gasteiger partial charge is 0.493 e. The monoisotopic (exact) mass is 429 g/mol. The number of likely N-dealkylation sites (N-methyl/N-ethyl adjacent to an activating group) is 1. The van der Waals surface area contributed by atoms with Crippen LogP contribution in [0.3, 0.4) is 0 Å². The average molecular weight is 430 g/mol. The molecule has 7 heteroatoms. The van der Waals surface area contributed by atoms with Gasteiger partial charge >= 0.3 is 5.97 Å². The van der Waals surface area contributed by atoms with Gasteiger partial charge in [0, 0.05) is 20.0 Å². The van der Waals surface area contributed by atoms with E-state index < -0.39 is 5.97 Å². The van der Waals surface area contributed by atoms with Crippen molar-refractivity contribution in [3.05, 3.63) is 52.6 Å². The van der Waals surface area contributed by atoms with Crippen LogP contribution in [0.15, 0.2) is 30.3 Å². The third kappa shape index (κ3) is 6.64. The molecular weight excluding hydrogens is 398 g/mol. The van der Waals surface area contributed by atoms with Gasteiger partial charge in [0.05, 0.1) is 21.3 Å². The van der Waals surface area contributed by atoms with Gasteiger partial charge in [0.2, 0.25) is 5.75 Å². The van der Waals surface area contributed by atoms with Gasteiger partial charge in [-0.3, -0.25) is 9.59 Å². The SMILES string of the molecule is COc1cc(CCC(=O)OCC(=O)N(C)Cc2ccc(C)cc2C)cc(OC)c1OC. The average Bonchev–Trinajstić information content (AvgIpc) is 2.76. The molecule has 0 aromatic heterocycles. The highest BCUT2D eigenvalue weighted by Crippen LogP contribution is 2.38. The number of ether oxygens (including phenoxy) is 4. The molecule has 0 atom stereocenters. The standard InChI is InChI=1S/C24H31NO6/c1-16-7-9-19(17(2)11-16)14-25(3)22(26)15-31-23(27)10-8-18-12-20(28-4)24(30-6)21(13-18)29-5/h7,9,11-13H,8,10,14-15H2,1-6H3. The molecule has 0 aliphatic rings. The normalized spacial score (nSPS) is 10.4. The predicted molar refractivity (Wildman–Crippen MR) is 118 cm³/mol. The second-order valence-corrected chi connectivity index (χ2v) is 7.37. The van der Waals surface area contributed by atoms with Crippen LogP contribution < -0.4 is 14.2 Å². The van der Waals surface area contributed by atoms with E-state index in [1.54, 1.807) is 24.1 Å². The van der Waals surface area contributed by atoms with Crippen LogP contribution in [0, 0.1) is 13.8 Å². The van der Waals surface area contributed by atoms with Crippen LogP contribution in [0.2, 0.25) is 0 Å². The first-order chi connectivity index (χ1) is 14.8. The van der Waals surface area contributed by atoms with Crippen LogP contribution >= 0.6 is 0 Å². The second-order valence-electron chi connectivity index (χ2n) is 7.37. The van der Waals surface area contributed by atoms with Gasteiger partial charge in [-0.15, -0.1) is 0 Å². The van der Waals surface area contributed by atoms with Crippen molar-refractivity contribution < 1.29 is 28.5 Å². The first-order valence-electron chi connectivity index (χ1n) is 10.0. The molecule has 0 N–H and O–H groups in total. The molecule has 0 saturated carbocycles. The van der Waals surface area contributed by atoms with Crippen molar-refractivity contribution in [2.45, 2.75) is 33.2 Å². The predicted octanol–water partition coefficient (Wildman–Crippen LogP) is 3.46. The Kier molecular flexibility index (Phi) is 8.73. The lowest BCUT2D eigenvalue weighted by molar-refractivity contribution is -0.151. The minimum Gasteiger partial charge on any atom is -0.493 e. The first kappa shape index (κ1) is 24.1. The number of aryl methyl sites for hydroxylation is 3. The Hall–Kier alpha value is -3.22. The van der Waals surface area contributed by atoms with Crippen molar-refractivity contribution in [1.29, 1.82) is 0 Å². The Morgan fingerprint density at radius 1 is 0.935 bits per heavy atom. The molecule has 2 rings (SSSR count). The summed E-state index contributed by atoms with van der Waals surface area (Å²) in [6.45, 7) is 4.23. The van der Waals surface area contributed by atoms with Gasteiger partial charge in [-0.1, -0.05) is 23.8 Å². The van der Waals surface area contributed by atoms with E-state index in [0.29, 0.717) is 30.2 Å². The number of rotatable bonds is 10. The van der Waals surface area contributed by atoms with E-state index in [-0.39, 0.29) is 18.9 Å². The van der Waals surface area contributed by atoms with Crippen LogP contribution in [0.5, 0.6) is 17.2 Å². The molecule has 0 fully saturated rings. The number of carbonyl (C=O) groups excluding carboxylic acids is 2. The minimum absolute atomic E-state index is 0.132. The quantitative estimate of drug-likeness (QED) is 0.539. The fourth-order valence-corrected chi connectivity index (χ4v) is 3.22. The van der Waals surface area contributed by atoms with Gasteiger partial charge in [0.1, 0.15) is 0 Å². The zero-order valence-corrected chi connectivity index (χ0v) is 19.1. The number of methoxy groups -OCH3 is 3. The number of nitrogens with zero attached hydrogens (tertiary/aromatic N) is 1. The highest BCUT2D eigenvalue weighted by Gasteiger charge is 2.16. The topological polar surface area (TPSA) is 74.3 Å². The lowest BCUT2D eigenvalue weighted by atomic mass is 10.1. The van der Waals surface area contributed by atoms with E-state index in [2.05, 4.69) is 6.07 Å². The molecule has 0 aliphatic heterocycles. The fourth-order valence-electron chi connectivity index (χ4n) is 3.22. The van der Waals surface area contributed by atoms with E-state index in [0.717, 1.165) is 16.7 Å². The van der Waals surface area contributed by atoms with Gasteiger partial charge in [0.25, 0.3) is 5.91 Å². The Balaban J connectivity index is 1.87. The maximum Gasteiger partial charge on any atom is 0.306 e. The fraction of sp³-hybridized carbons (Fsp3) is 0.417. The number of esters is 1. The van der Waals surface area contributed by atoms with E-state index >= 15 is 0 Å². The summed E-state index contributed by atoms with van der Waals surface area (Å²) in [6, 6.07) is 9.69. The summed E-state index contributed by atoms with van der Waals surface area (Å²) in [7, 11) is 6.31. The molecule has 2 aromatic carbocycles. The summed E-state index contributed by atoms with van der Waals surface area (Å²) in [5.41, 5.74) is 4.21. The Bertz CT molecular complexity index is 899. The second kappa shape index (κ2) is 11.2. The number of hydrogen-bond donors (Lipinski definition) is 0. The minimum atomic E-state index is -0.443. The van der Waals surface area contributed by atoms with Crippen LogP contribution in [-0.2, 0) is 27.3 Å². The van der Waals surface area contributed by atoms with Crippen molar-refractivity contribution in [2.24, 2.45) is 0 Å². The third-order valence-electron chi connectivity index (χ3n) is 5.03. The molecule has 0 radical (unpaired) electrons.